The highest BCUT2D eigenvalue weighted by atomic mass is 16.5. The summed E-state index contributed by atoms with van der Waals surface area (Å²) in [5, 5.41) is 0.790. The molecule has 0 atom stereocenters. The van der Waals surface area contributed by atoms with E-state index in [9.17, 15) is 19.2 Å². The molecule has 3 rings (SSSR count). The molecule has 0 aliphatic rings. The van der Waals surface area contributed by atoms with Crippen molar-refractivity contribution in [3.63, 3.8) is 0 Å². The minimum absolute atomic E-state index is 0.287. The normalized spacial score (nSPS) is 10.7. The summed E-state index contributed by atoms with van der Waals surface area (Å²) in [6.07, 6.45) is 4.33. The first-order chi connectivity index (χ1) is 19.2. The van der Waals surface area contributed by atoms with E-state index in [1.807, 2.05) is 18.2 Å². The van der Waals surface area contributed by atoms with Gasteiger partial charge in [0, 0.05) is 16.5 Å². The van der Waals surface area contributed by atoms with Crippen molar-refractivity contribution in [2.24, 2.45) is 0 Å². The van der Waals surface area contributed by atoms with Gasteiger partial charge in [0.2, 0.25) is 0 Å². The highest BCUT2D eigenvalue weighted by Gasteiger charge is 2.14. The van der Waals surface area contributed by atoms with Crippen LogP contribution in [0.4, 0.5) is 0 Å². The molecule has 0 spiro atoms. The Morgan fingerprint density at radius 1 is 0.875 bits per heavy atom. The van der Waals surface area contributed by atoms with Gasteiger partial charge in [0.25, 0.3) is 6.47 Å². The minimum Gasteiger partial charge on any atom is -0.468 e. The van der Waals surface area contributed by atoms with E-state index in [2.05, 4.69) is 13.2 Å². The molecule has 0 unspecified atom stereocenters. The third-order valence-electron chi connectivity index (χ3n) is 6.16. The number of esters is 2. The number of fused-ring (bicyclic) bond motifs is 1. The van der Waals surface area contributed by atoms with Gasteiger partial charge < -0.3 is 18.6 Å². The topological polar surface area (TPSA) is 109 Å². The van der Waals surface area contributed by atoms with Gasteiger partial charge in [-0.25, -0.2) is 14.4 Å². The number of ether oxygens (including phenoxy) is 3. The average molecular weight is 547 g/mol. The lowest BCUT2D eigenvalue weighted by Gasteiger charge is -2.11. The molecule has 210 valence electrons. The number of carbonyl (C=O) groups is 3. The molecule has 0 fully saturated rings. The average Bonchev–Trinajstić information content (AvgIpc) is 2.92. The minimum atomic E-state index is -0.523. The second-order valence-electron chi connectivity index (χ2n) is 9.61. The van der Waals surface area contributed by atoms with E-state index in [4.69, 9.17) is 18.6 Å². The zero-order valence-electron chi connectivity index (χ0n) is 23.0. The smallest absolute Gasteiger partial charge is 0.344 e. The van der Waals surface area contributed by atoms with E-state index in [-0.39, 0.29) is 5.57 Å². The van der Waals surface area contributed by atoms with Crippen molar-refractivity contribution < 1.29 is 33.0 Å². The Labute approximate surface area is 233 Å². The third kappa shape index (κ3) is 8.53. The molecule has 1 aromatic heterocycles. The van der Waals surface area contributed by atoms with Gasteiger partial charge in [-0.1, -0.05) is 31.4 Å². The monoisotopic (exact) mass is 546 g/mol. The zero-order chi connectivity index (χ0) is 29.1. The van der Waals surface area contributed by atoms with Crippen LogP contribution in [-0.2, 0) is 36.7 Å². The summed E-state index contributed by atoms with van der Waals surface area (Å²) in [6, 6.07) is 12.5. The maximum absolute atomic E-state index is 13.0. The van der Waals surface area contributed by atoms with Crippen LogP contribution in [0.3, 0.4) is 0 Å². The first-order valence-electron chi connectivity index (χ1n) is 13.1. The lowest BCUT2D eigenvalue weighted by atomic mass is 9.97. The van der Waals surface area contributed by atoms with Crippen molar-refractivity contribution in [2.75, 3.05) is 13.2 Å². The molecule has 0 saturated carbocycles. The third-order valence-corrected chi connectivity index (χ3v) is 6.16. The van der Waals surface area contributed by atoms with Crippen molar-refractivity contribution in [3.05, 3.63) is 88.3 Å². The summed E-state index contributed by atoms with van der Waals surface area (Å²) in [5.41, 5.74) is 3.70. The summed E-state index contributed by atoms with van der Waals surface area (Å²) in [6.45, 7) is 11.4. The fourth-order valence-electron chi connectivity index (χ4n) is 4.07. The number of aryl methyl sites for hydroxylation is 2. The van der Waals surface area contributed by atoms with E-state index in [1.54, 1.807) is 38.1 Å². The van der Waals surface area contributed by atoms with Gasteiger partial charge in [-0.15, -0.1) is 0 Å². The molecule has 0 aliphatic heterocycles. The fourth-order valence-corrected chi connectivity index (χ4v) is 4.07. The van der Waals surface area contributed by atoms with Gasteiger partial charge in [0.1, 0.15) is 11.3 Å². The number of unbranched alkanes of at least 4 members (excludes halogenated alkanes) is 2. The molecule has 8 nitrogen and oxygen atoms in total. The summed E-state index contributed by atoms with van der Waals surface area (Å²) in [5.74, 6) is -0.570. The molecule has 0 amide bonds. The Morgan fingerprint density at radius 2 is 1.55 bits per heavy atom. The van der Waals surface area contributed by atoms with Gasteiger partial charge >= 0.3 is 17.6 Å². The molecule has 0 aliphatic carbocycles. The summed E-state index contributed by atoms with van der Waals surface area (Å²) < 4.78 is 21.0. The molecule has 1 heterocycles. The van der Waals surface area contributed by atoms with Crippen LogP contribution in [0.1, 0.15) is 50.7 Å². The second kappa shape index (κ2) is 14.6. The van der Waals surface area contributed by atoms with E-state index < -0.39 is 17.6 Å². The number of hydrogen-bond donors (Lipinski definition) is 0. The van der Waals surface area contributed by atoms with Gasteiger partial charge in [-0.2, -0.15) is 0 Å². The number of rotatable bonds is 15. The molecular formula is C32H34O8. The van der Waals surface area contributed by atoms with Crippen molar-refractivity contribution in [1.29, 1.82) is 0 Å². The number of carbonyl (C=O) groups excluding carboxylic acids is 3. The van der Waals surface area contributed by atoms with Crippen LogP contribution in [-0.4, -0.2) is 31.6 Å². The van der Waals surface area contributed by atoms with Crippen LogP contribution in [0.15, 0.2) is 76.0 Å². The lowest BCUT2D eigenvalue weighted by molar-refractivity contribution is -0.139. The zero-order valence-corrected chi connectivity index (χ0v) is 23.0. The summed E-state index contributed by atoms with van der Waals surface area (Å²) >= 11 is 0. The van der Waals surface area contributed by atoms with Crippen molar-refractivity contribution in [3.8, 4) is 16.9 Å². The van der Waals surface area contributed by atoms with E-state index in [0.29, 0.717) is 67.0 Å². The quantitative estimate of drug-likeness (QED) is 0.0581. The van der Waals surface area contributed by atoms with Gasteiger partial charge in [0.15, 0.2) is 0 Å². The lowest BCUT2D eigenvalue weighted by Crippen LogP contribution is -2.08. The molecule has 0 bridgehead atoms. The highest BCUT2D eigenvalue weighted by Crippen LogP contribution is 2.28. The predicted molar refractivity (Wildman–Crippen MR) is 152 cm³/mol. The summed E-state index contributed by atoms with van der Waals surface area (Å²) in [4.78, 5) is 46.8. The Kier molecular flexibility index (Phi) is 11.0. The SMILES string of the molecule is C=C(C)C(=O)OCCCCc1cc(CCCCOC=O)c2oc(=O)c(-c3ccc(OC(=O)C(=C)C)cc3)cc2c1. The van der Waals surface area contributed by atoms with E-state index >= 15 is 0 Å². The first kappa shape index (κ1) is 30.1. The second-order valence-corrected chi connectivity index (χ2v) is 9.61. The Bertz CT molecular complexity index is 1450. The Hall–Kier alpha value is -4.46. The van der Waals surface area contributed by atoms with Crippen LogP contribution in [0.25, 0.3) is 22.1 Å². The maximum Gasteiger partial charge on any atom is 0.344 e. The van der Waals surface area contributed by atoms with Gasteiger partial charge in [0.05, 0.1) is 18.8 Å². The largest absolute Gasteiger partial charge is 0.468 e. The van der Waals surface area contributed by atoms with E-state index in [1.165, 1.54) is 0 Å². The predicted octanol–water partition coefficient (Wildman–Crippen LogP) is 5.88. The standard InChI is InChI=1S/C32H34O8/c1-21(2)30(34)38-16-8-5-9-23-17-25(10-6-7-15-37-20-33)29-26(18-23)19-28(32(36)40-29)24-11-13-27(14-12-24)39-31(35)22(3)4/h11-14,17-20H,1,3,5-10,15-16H2,2,4H3. The molecular weight excluding hydrogens is 512 g/mol. The number of benzene rings is 2. The van der Waals surface area contributed by atoms with Crippen molar-refractivity contribution >= 4 is 29.4 Å². The van der Waals surface area contributed by atoms with Gasteiger partial charge in [-0.3, -0.25) is 4.79 Å². The molecule has 40 heavy (non-hydrogen) atoms. The summed E-state index contributed by atoms with van der Waals surface area (Å²) in [7, 11) is 0. The Balaban J connectivity index is 1.85. The highest BCUT2D eigenvalue weighted by molar-refractivity contribution is 5.89. The molecule has 3 aromatic rings. The van der Waals surface area contributed by atoms with Gasteiger partial charge in [-0.05, 0) is 93.3 Å². The van der Waals surface area contributed by atoms with Crippen LogP contribution >= 0.6 is 0 Å². The van der Waals surface area contributed by atoms with Crippen molar-refractivity contribution in [1.82, 2.24) is 0 Å². The molecule has 2 aromatic carbocycles. The molecule has 0 radical (unpaired) electrons. The first-order valence-corrected chi connectivity index (χ1v) is 13.1. The molecule has 0 saturated heterocycles. The number of hydrogen-bond acceptors (Lipinski definition) is 8. The molecule has 0 N–H and O–H groups in total. The maximum atomic E-state index is 13.0. The van der Waals surface area contributed by atoms with E-state index in [0.717, 1.165) is 35.8 Å². The fraction of sp³-hybridized carbons (Fsp3) is 0.312. The van der Waals surface area contributed by atoms with Crippen molar-refractivity contribution in [2.45, 2.75) is 52.4 Å². The van der Waals surface area contributed by atoms with Crippen LogP contribution in [0.2, 0.25) is 0 Å². The Morgan fingerprint density at radius 3 is 2.23 bits per heavy atom. The molecule has 8 heteroatoms. The van der Waals surface area contributed by atoms with Crippen LogP contribution < -0.4 is 10.4 Å². The van der Waals surface area contributed by atoms with Crippen LogP contribution in [0, 0.1) is 0 Å². The van der Waals surface area contributed by atoms with Crippen LogP contribution in [0.5, 0.6) is 5.75 Å².